The van der Waals surface area contributed by atoms with Crippen LogP contribution in [0.5, 0.6) is 0 Å². The third-order valence-electron chi connectivity index (χ3n) is 5.82. The number of halogens is 1. The topological polar surface area (TPSA) is 86.8 Å². The second-order valence-electron chi connectivity index (χ2n) is 8.59. The molecule has 0 saturated carbocycles. The van der Waals surface area contributed by atoms with Crippen LogP contribution in [0, 0.1) is 6.92 Å². The van der Waals surface area contributed by atoms with Gasteiger partial charge < -0.3 is 10.2 Å². The van der Waals surface area contributed by atoms with Gasteiger partial charge in [0, 0.05) is 18.1 Å². The van der Waals surface area contributed by atoms with Crippen molar-refractivity contribution in [3.63, 3.8) is 0 Å². The van der Waals surface area contributed by atoms with Crippen molar-refractivity contribution in [2.45, 2.75) is 52.5 Å². The van der Waals surface area contributed by atoms with Crippen LogP contribution in [-0.4, -0.2) is 57.1 Å². The van der Waals surface area contributed by atoms with Crippen LogP contribution >= 0.6 is 11.6 Å². The van der Waals surface area contributed by atoms with E-state index in [-0.39, 0.29) is 12.5 Å². The van der Waals surface area contributed by atoms with Crippen LogP contribution in [0.25, 0.3) is 0 Å². The summed E-state index contributed by atoms with van der Waals surface area (Å²) in [4.78, 5) is 28.1. The molecule has 0 aliphatic rings. The Hall–Kier alpha value is -2.58. The molecule has 0 radical (unpaired) electrons. The second kappa shape index (κ2) is 13.5. The predicted octanol–water partition coefficient (Wildman–Crippen LogP) is 4.18. The van der Waals surface area contributed by atoms with E-state index in [1.54, 1.807) is 12.1 Å². The Bertz CT molecular complexity index is 1090. The molecule has 1 N–H and O–H groups in total. The molecule has 2 rings (SSSR count). The van der Waals surface area contributed by atoms with Gasteiger partial charge in [0.1, 0.15) is 12.6 Å². The van der Waals surface area contributed by atoms with Crippen LogP contribution in [0.2, 0.25) is 5.02 Å². The number of aryl methyl sites for hydroxylation is 1. The summed E-state index contributed by atoms with van der Waals surface area (Å²) in [6, 6.07) is 13.8. The lowest BCUT2D eigenvalue weighted by Gasteiger charge is -2.33. The summed E-state index contributed by atoms with van der Waals surface area (Å²) in [5.41, 5.74) is 2.13. The van der Waals surface area contributed by atoms with E-state index >= 15 is 0 Å². The van der Waals surface area contributed by atoms with Crippen LogP contribution in [0.1, 0.15) is 44.2 Å². The molecule has 2 amide bonds. The number of rotatable bonds is 13. The Kier molecular flexibility index (Phi) is 11.0. The fourth-order valence-electron chi connectivity index (χ4n) is 3.75. The first kappa shape index (κ1) is 28.7. The van der Waals surface area contributed by atoms with Gasteiger partial charge in [0.2, 0.25) is 21.8 Å². The van der Waals surface area contributed by atoms with Crippen molar-refractivity contribution in [2.24, 2.45) is 0 Å². The van der Waals surface area contributed by atoms with E-state index in [4.69, 9.17) is 11.6 Å². The molecule has 0 saturated heterocycles. The fraction of sp³-hybridized carbons (Fsp3) is 0.462. The van der Waals surface area contributed by atoms with Crippen molar-refractivity contribution in [1.82, 2.24) is 10.2 Å². The number of benzene rings is 2. The molecule has 0 heterocycles. The molecule has 1 atom stereocenters. The van der Waals surface area contributed by atoms with Crippen LogP contribution in [0.15, 0.2) is 48.5 Å². The number of carbonyl (C=O) groups excluding carboxylic acids is 2. The van der Waals surface area contributed by atoms with E-state index in [0.717, 1.165) is 34.5 Å². The highest BCUT2D eigenvalue weighted by molar-refractivity contribution is 7.92. The van der Waals surface area contributed by atoms with Gasteiger partial charge in [-0.25, -0.2) is 8.42 Å². The predicted molar refractivity (Wildman–Crippen MR) is 142 cm³/mol. The fourth-order valence-corrected chi connectivity index (χ4v) is 4.77. The summed E-state index contributed by atoms with van der Waals surface area (Å²) >= 11 is 6.23. The largest absolute Gasteiger partial charge is 0.354 e. The Balaban J connectivity index is 2.34. The Labute approximate surface area is 214 Å². The normalized spacial score (nSPS) is 12.1. The minimum Gasteiger partial charge on any atom is -0.354 e. The van der Waals surface area contributed by atoms with Crippen LogP contribution in [0.3, 0.4) is 0 Å². The quantitative estimate of drug-likeness (QED) is 0.400. The lowest BCUT2D eigenvalue weighted by Crippen LogP contribution is -2.53. The number of nitrogens with zero attached hydrogens (tertiary/aromatic N) is 2. The number of amides is 2. The number of hydrogen-bond acceptors (Lipinski definition) is 4. The molecule has 0 unspecified atom stereocenters. The van der Waals surface area contributed by atoms with Crippen molar-refractivity contribution in [1.29, 1.82) is 0 Å². The zero-order valence-electron chi connectivity index (χ0n) is 21.0. The molecule has 0 spiro atoms. The van der Waals surface area contributed by atoms with E-state index in [1.165, 1.54) is 11.0 Å². The van der Waals surface area contributed by atoms with Crippen molar-refractivity contribution >= 4 is 39.1 Å². The molecule has 0 bridgehead atoms. The Morgan fingerprint density at radius 3 is 2.34 bits per heavy atom. The highest BCUT2D eigenvalue weighted by Crippen LogP contribution is 2.25. The smallest absolute Gasteiger partial charge is 0.244 e. The molecule has 0 aromatic heterocycles. The van der Waals surface area contributed by atoms with Crippen LogP contribution in [-0.2, 0) is 26.0 Å². The zero-order valence-corrected chi connectivity index (χ0v) is 22.5. The molecule has 2 aromatic rings. The summed E-state index contributed by atoms with van der Waals surface area (Å²) in [5, 5.41) is 3.32. The van der Waals surface area contributed by atoms with Gasteiger partial charge >= 0.3 is 0 Å². The van der Waals surface area contributed by atoms with Crippen molar-refractivity contribution in [3.05, 3.63) is 64.7 Å². The van der Waals surface area contributed by atoms with E-state index in [1.807, 2.05) is 51.1 Å². The standard InChI is InChI=1S/C26H36ClN3O4S/c1-5-7-16-28-26(32)24(6-2)29(17-15-21-11-9-8-10-12-21)25(31)19-30(35(4,33)34)22-14-13-20(3)23(27)18-22/h8-14,18,24H,5-7,15-17,19H2,1-4H3,(H,28,32)/t24-/m1/s1. The molecule has 2 aromatic carbocycles. The first-order chi connectivity index (χ1) is 16.6. The lowest BCUT2D eigenvalue weighted by molar-refractivity contribution is -0.139. The number of carbonyl (C=O) groups is 2. The van der Waals surface area contributed by atoms with E-state index in [0.29, 0.717) is 30.1 Å². The van der Waals surface area contributed by atoms with Crippen molar-refractivity contribution in [3.8, 4) is 0 Å². The molecule has 192 valence electrons. The maximum Gasteiger partial charge on any atom is 0.244 e. The summed E-state index contributed by atoms with van der Waals surface area (Å²) in [6.45, 7) is 6.10. The van der Waals surface area contributed by atoms with Crippen molar-refractivity contribution in [2.75, 3.05) is 30.2 Å². The Morgan fingerprint density at radius 2 is 1.77 bits per heavy atom. The van der Waals surface area contributed by atoms with E-state index < -0.39 is 28.5 Å². The highest BCUT2D eigenvalue weighted by atomic mass is 35.5. The first-order valence-electron chi connectivity index (χ1n) is 11.9. The number of nitrogens with one attached hydrogen (secondary N) is 1. The molecule has 7 nitrogen and oxygen atoms in total. The number of anilines is 1. The highest BCUT2D eigenvalue weighted by Gasteiger charge is 2.31. The summed E-state index contributed by atoms with van der Waals surface area (Å²) < 4.78 is 26.3. The van der Waals surface area contributed by atoms with Gasteiger partial charge in [-0.05, 0) is 49.4 Å². The molecule has 0 fully saturated rings. The number of hydrogen-bond donors (Lipinski definition) is 1. The zero-order chi connectivity index (χ0) is 26.0. The Morgan fingerprint density at radius 1 is 1.09 bits per heavy atom. The van der Waals surface area contributed by atoms with Gasteiger partial charge in [-0.2, -0.15) is 0 Å². The average molecular weight is 522 g/mol. The number of unbranched alkanes of at least 4 members (excludes halogenated alkanes) is 1. The molecule has 9 heteroatoms. The molecular weight excluding hydrogens is 486 g/mol. The maximum atomic E-state index is 13.6. The van der Waals surface area contributed by atoms with Gasteiger partial charge in [0.05, 0.1) is 11.9 Å². The maximum absolute atomic E-state index is 13.6. The van der Waals surface area contributed by atoms with Crippen LogP contribution < -0.4 is 9.62 Å². The third-order valence-corrected chi connectivity index (χ3v) is 7.37. The minimum atomic E-state index is -3.79. The number of sulfonamides is 1. The minimum absolute atomic E-state index is 0.230. The van der Waals surface area contributed by atoms with Gasteiger partial charge in [-0.3, -0.25) is 13.9 Å². The van der Waals surface area contributed by atoms with Crippen LogP contribution in [0.4, 0.5) is 5.69 Å². The summed E-state index contributed by atoms with van der Waals surface area (Å²) in [6.07, 6.45) is 3.79. The SMILES string of the molecule is CCCCNC(=O)[C@@H](CC)N(CCc1ccccc1)C(=O)CN(c1ccc(C)c(Cl)c1)S(C)(=O)=O. The molecule has 0 aliphatic heterocycles. The second-order valence-corrected chi connectivity index (χ2v) is 10.9. The molecular formula is C26H36ClN3O4S. The lowest BCUT2D eigenvalue weighted by atomic mass is 10.1. The summed E-state index contributed by atoms with van der Waals surface area (Å²) in [7, 11) is -3.79. The molecule has 0 aliphatic carbocycles. The van der Waals surface area contributed by atoms with Gasteiger partial charge in [-0.1, -0.05) is 68.3 Å². The monoisotopic (exact) mass is 521 g/mol. The third kappa shape index (κ3) is 8.54. The van der Waals surface area contributed by atoms with Gasteiger partial charge in [-0.15, -0.1) is 0 Å². The van der Waals surface area contributed by atoms with Crippen molar-refractivity contribution < 1.29 is 18.0 Å². The van der Waals surface area contributed by atoms with E-state index in [2.05, 4.69) is 5.32 Å². The molecule has 35 heavy (non-hydrogen) atoms. The summed E-state index contributed by atoms with van der Waals surface area (Å²) in [5.74, 6) is -0.674. The average Bonchev–Trinajstić information content (AvgIpc) is 2.82. The van der Waals surface area contributed by atoms with Gasteiger partial charge in [0.25, 0.3) is 0 Å². The van der Waals surface area contributed by atoms with Gasteiger partial charge in [0.15, 0.2) is 0 Å². The first-order valence-corrected chi connectivity index (χ1v) is 14.2. The van der Waals surface area contributed by atoms with E-state index in [9.17, 15) is 18.0 Å².